The van der Waals surface area contributed by atoms with Crippen LogP contribution in [0.3, 0.4) is 0 Å². The van der Waals surface area contributed by atoms with Crippen molar-refractivity contribution >= 4 is 0 Å². The monoisotopic (exact) mass is 129 g/mol. The Kier molecular flexibility index (Phi) is 4.78. The highest BCUT2D eigenvalue weighted by Gasteiger charge is 1.97. The molecule has 0 rings (SSSR count). The van der Waals surface area contributed by atoms with Crippen LogP contribution in [0.4, 0.5) is 0 Å². The maximum Gasteiger partial charge on any atom is 0.00104 e. The van der Waals surface area contributed by atoms with Gasteiger partial charge in [-0.2, -0.15) is 0 Å². The molecule has 0 bridgehead atoms. The van der Waals surface area contributed by atoms with Crippen LogP contribution < -0.4 is 5.32 Å². The molecule has 0 aromatic carbocycles. The summed E-state index contributed by atoms with van der Waals surface area (Å²) in [6, 6.07) is 0.638. The summed E-state index contributed by atoms with van der Waals surface area (Å²) < 4.78 is 0. The molecule has 0 spiro atoms. The van der Waals surface area contributed by atoms with Crippen LogP contribution in [0.5, 0.6) is 0 Å². The van der Waals surface area contributed by atoms with E-state index in [2.05, 4.69) is 33.0 Å². The predicted molar refractivity (Wildman–Crippen MR) is 42.6 cm³/mol. The number of hydrogen-bond acceptors (Lipinski definition) is 1. The second kappa shape index (κ2) is 4.80. The van der Waals surface area contributed by atoms with E-state index in [4.69, 9.17) is 0 Å². The van der Waals surface area contributed by atoms with E-state index < -0.39 is 0 Å². The molecular weight excluding hydrogens is 110 g/mol. The van der Waals surface area contributed by atoms with Gasteiger partial charge in [-0.15, -0.1) is 0 Å². The standard InChI is InChI=1S/C8H19N/c1-5-8(4)6-9-7(2)3/h7-9H,5-6H2,1-4H3/t8-/m1/s1. The van der Waals surface area contributed by atoms with Gasteiger partial charge in [0.15, 0.2) is 0 Å². The third-order valence-corrected chi connectivity index (χ3v) is 1.57. The topological polar surface area (TPSA) is 12.0 Å². The van der Waals surface area contributed by atoms with Gasteiger partial charge in [0.2, 0.25) is 0 Å². The Morgan fingerprint density at radius 3 is 2.11 bits per heavy atom. The van der Waals surface area contributed by atoms with Crippen molar-refractivity contribution in [1.29, 1.82) is 0 Å². The molecule has 0 aromatic heterocycles. The molecule has 0 aromatic rings. The molecule has 1 nitrogen and oxygen atoms in total. The lowest BCUT2D eigenvalue weighted by Crippen LogP contribution is -2.27. The Balaban J connectivity index is 3.06. The van der Waals surface area contributed by atoms with Gasteiger partial charge < -0.3 is 5.32 Å². The van der Waals surface area contributed by atoms with Crippen LogP contribution >= 0.6 is 0 Å². The van der Waals surface area contributed by atoms with Gasteiger partial charge in [0.25, 0.3) is 0 Å². The fourth-order valence-corrected chi connectivity index (χ4v) is 0.581. The normalized spacial score (nSPS) is 14.3. The Morgan fingerprint density at radius 2 is 1.78 bits per heavy atom. The van der Waals surface area contributed by atoms with Crippen LogP contribution in [0.25, 0.3) is 0 Å². The number of rotatable bonds is 4. The van der Waals surface area contributed by atoms with Gasteiger partial charge in [-0.25, -0.2) is 0 Å². The van der Waals surface area contributed by atoms with Crippen LogP contribution in [0, 0.1) is 5.92 Å². The number of nitrogens with one attached hydrogen (secondary N) is 1. The summed E-state index contributed by atoms with van der Waals surface area (Å²) in [4.78, 5) is 0. The lowest BCUT2D eigenvalue weighted by Gasteiger charge is -2.11. The minimum absolute atomic E-state index is 0.638. The van der Waals surface area contributed by atoms with E-state index in [1.54, 1.807) is 0 Å². The SMILES string of the molecule is CC[C@@H](C)CNC(C)C. The van der Waals surface area contributed by atoms with E-state index in [1.807, 2.05) is 0 Å². The molecule has 0 saturated carbocycles. The van der Waals surface area contributed by atoms with E-state index in [-0.39, 0.29) is 0 Å². The molecule has 9 heavy (non-hydrogen) atoms. The smallest absolute Gasteiger partial charge is 0.00104 e. The maximum atomic E-state index is 3.40. The third kappa shape index (κ3) is 5.84. The van der Waals surface area contributed by atoms with Crippen molar-refractivity contribution in [3.05, 3.63) is 0 Å². The maximum absolute atomic E-state index is 3.40. The molecule has 0 aliphatic heterocycles. The zero-order chi connectivity index (χ0) is 7.28. The summed E-state index contributed by atoms with van der Waals surface area (Å²) in [6.07, 6.45) is 1.28. The summed E-state index contributed by atoms with van der Waals surface area (Å²) in [6.45, 7) is 10.0. The van der Waals surface area contributed by atoms with Crippen LogP contribution in [0.15, 0.2) is 0 Å². The third-order valence-electron chi connectivity index (χ3n) is 1.57. The average Bonchev–Trinajstić information content (AvgIpc) is 1.83. The van der Waals surface area contributed by atoms with E-state index >= 15 is 0 Å². The highest BCUT2D eigenvalue weighted by Crippen LogP contribution is 1.97. The zero-order valence-electron chi connectivity index (χ0n) is 7.07. The minimum Gasteiger partial charge on any atom is -0.314 e. The molecule has 0 aliphatic rings. The predicted octanol–water partition coefficient (Wildman–Crippen LogP) is 2.03. The van der Waals surface area contributed by atoms with Crippen molar-refractivity contribution in [1.82, 2.24) is 5.32 Å². The van der Waals surface area contributed by atoms with Crippen molar-refractivity contribution in [2.75, 3.05) is 6.54 Å². The van der Waals surface area contributed by atoms with Crippen molar-refractivity contribution in [2.24, 2.45) is 5.92 Å². The Bertz CT molecular complexity index is 59.6. The summed E-state index contributed by atoms with van der Waals surface area (Å²) in [5, 5.41) is 3.40. The molecule has 0 amide bonds. The lowest BCUT2D eigenvalue weighted by atomic mass is 10.1. The number of hydrogen-bond donors (Lipinski definition) is 1. The van der Waals surface area contributed by atoms with Crippen molar-refractivity contribution < 1.29 is 0 Å². The summed E-state index contributed by atoms with van der Waals surface area (Å²) in [5.74, 6) is 0.826. The Labute approximate surface area is 58.8 Å². The van der Waals surface area contributed by atoms with Crippen LogP contribution in [0.2, 0.25) is 0 Å². The van der Waals surface area contributed by atoms with Gasteiger partial charge in [0, 0.05) is 6.04 Å². The molecule has 0 saturated heterocycles. The van der Waals surface area contributed by atoms with E-state index in [1.165, 1.54) is 6.42 Å². The molecule has 0 fully saturated rings. The first-order valence-corrected chi connectivity index (χ1v) is 3.90. The first-order valence-electron chi connectivity index (χ1n) is 3.90. The zero-order valence-corrected chi connectivity index (χ0v) is 7.07. The van der Waals surface area contributed by atoms with Crippen molar-refractivity contribution in [3.63, 3.8) is 0 Å². The molecule has 0 aliphatic carbocycles. The molecule has 0 unspecified atom stereocenters. The molecule has 1 atom stereocenters. The van der Waals surface area contributed by atoms with E-state index in [9.17, 15) is 0 Å². The van der Waals surface area contributed by atoms with Gasteiger partial charge in [-0.05, 0) is 12.5 Å². The van der Waals surface area contributed by atoms with Crippen LogP contribution in [0.1, 0.15) is 34.1 Å². The molecule has 56 valence electrons. The Hall–Kier alpha value is -0.0400. The first kappa shape index (κ1) is 8.96. The quantitative estimate of drug-likeness (QED) is 0.612. The first-order chi connectivity index (χ1) is 4.16. The fraction of sp³-hybridized carbons (Fsp3) is 1.00. The van der Waals surface area contributed by atoms with Gasteiger partial charge in [-0.1, -0.05) is 34.1 Å². The summed E-state index contributed by atoms with van der Waals surface area (Å²) >= 11 is 0. The molecule has 1 N–H and O–H groups in total. The Morgan fingerprint density at radius 1 is 1.22 bits per heavy atom. The largest absolute Gasteiger partial charge is 0.314 e. The average molecular weight is 129 g/mol. The second-order valence-corrected chi connectivity index (χ2v) is 3.08. The fourth-order valence-electron chi connectivity index (χ4n) is 0.581. The molecule has 1 heteroatoms. The second-order valence-electron chi connectivity index (χ2n) is 3.08. The van der Waals surface area contributed by atoms with Gasteiger partial charge in [0.05, 0.1) is 0 Å². The molecule has 0 heterocycles. The lowest BCUT2D eigenvalue weighted by molar-refractivity contribution is 0.468. The van der Waals surface area contributed by atoms with Crippen LogP contribution in [-0.2, 0) is 0 Å². The summed E-state index contributed by atoms with van der Waals surface area (Å²) in [5.41, 5.74) is 0. The van der Waals surface area contributed by atoms with Crippen molar-refractivity contribution in [2.45, 2.75) is 40.2 Å². The van der Waals surface area contributed by atoms with E-state index in [0.717, 1.165) is 12.5 Å². The summed E-state index contributed by atoms with van der Waals surface area (Å²) in [7, 11) is 0. The van der Waals surface area contributed by atoms with Gasteiger partial charge >= 0.3 is 0 Å². The highest BCUT2D eigenvalue weighted by molar-refractivity contribution is 4.57. The van der Waals surface area contributed by atoms with E-state index in [0.29, 0.717) is 6.04 Å². The highest BCUT2D eigenvalue weighted by atomic mass is 14.9. The van der Waals surface area contributed by atoms with Crippen LogP contribution in [-0.4, -0.2) is 12.6 Å². The van der Waals surface area contributed by atoms with Gasteiger partial charge in [-0.3, -0.25) is 0 Å². The molecular formula is C8H19N. The molecule has 0 radical (unpaired) electrons. The minimum atomic E-state index is 0.638. The van der Waals surface area contributed by atoms with Gasteiger partial charge in [0.1, 0.15) is 0 Å². The van der Waals surface area contributed by atoms with Crippen molar-refractivity contribution in [3.8, 4) is 0 Å².